The molecule has 1 amide bonds. The molecule has 0 aromatic heterocycles. The lowest BCUT2D eigenvalue weighted by Crippen LogP contribution is -2.50. The molecular weight excluding hydrogens is 420 g/mol. The van der Waals surface area contributed by atoms with E-state index in [1.807, 2.05) is 72.8 Å². The molecule has 3 aromatic carbocycles. The van der Waals surface area contributed by atoms with Crippen molar-refractivity contribution in [1.29, 1.82) is 0 Å². The maximum atomic E-state index is 13.2. The molecule has 4 rings (SSSR count). The van der Waals surface area contributed by atoms with Gasteiger partial charge in [0, 0.05) is 17.7 Å². The number of hydrogen-bond donors (Lipinski definition) is 1. The summed E-state index contributed by atoms with van der Waals surface area (Å²) >= 11 is 0. The molecule has 1 aliphatic rings. The number of benzene rings is 3. The highest BCUT2D eigenvalue weighted by molar-refractivity contribution is 5.93. The first-order valence-corrected chi connectivity index (χ1v) is 12.0. The second-order valence-corrected chi connectivity index (χ2v) is 8.76. The van der Waals surface area contributed by atoms with Gasteiger partial charge < -0.3 is 4.74 Å². The van der Waals surface area contributed by atoms with Gasteiger partial charge in [-0.15, -0.1) is 0 Å². The molecule has 1 saturated carbocycles. The Balaban J connectivity index is 1.65. The molecule has 1 unspecified atom stereocenters. The maximum Gasteiger partial charge on any atom is 0.265 e. The van der Waals surface area contributed by atoms with Gasteiger partial charge in [-0.3, -0.25) is 10.2 Å². The van der Waals surface area contributed by atoms with Crippen LogP contribution in [-0.2, 0) is 6.54 Å². The number of nitrogens with zero attached hydrogens (tertiary/aromatic N) is 1. The average Bonchev–Trinajstić information content (AvgIpc) is 2.91. The summed E-state index contributed by atoms with van der Waals surface area (Å²) in [7, 11) is 1.66. The Morgan fingerprint density at radius 1 is 0.941 bits per heavy atom. The maximum absolute atomic E-state index is 13.2. The second kappa shape index (κ2) is 12.1. The third kappa shape index (κ3) is 6.50. The van der Waals surface area contributed by atoms with Crippen molar-refractivity contribution >= 4 is 5.91 Å². The number of methoxy groups -OCH3 is 1. The predicted octanol–water partition coefficient (Wildman–Crippen LogP) is 5.84. The fourth-order valence-electron chi connectivity index (χ4n) is 4.50. The van der Waals surface area contributed by atoms with Crippen molar-refractivity contribution in [3.8, 4) is 17.6 Å². The summed E-state index contributed by atoms with van der Waals surface area (Å²) in [6.45, 7) is 0.595. The van der Waals surface area contributed by atoms with Crippen molar-refractivity contribution in [2.24, 2.45) is 5.92 Å². The number of rotatable bonds is 7. The molecule has 0 saturated heterocycles. The van der Waals surface area contributed by atoms with Gasteiger partial charge in [-0.25, -0.2) is 5.01 Å². The molecule has 0 spiro atoms. The largest absolute Gasteiger partial charge is 0.497 e. The number of carbonyl (C=O) groups is 1. The number of carbonyl (C=O) groups excluding carboxylic acids is 1. The normalized spacial score (nSPS) is 14.6. The van der Waals surface area contributed by atoms with Crippen LogP contribution in [0.4, 0.5) is 0 Å². The average molecular weight is 453 g/mol. The van der Waals surface area contributed by atoms with Gasteiger partial charge >= 0.3 is 0 Å². The smallest absolute Gasteiger partial charge is 0.265 e. The minimum atomic E-state index is -0.108. The Kier molecular flexibility index (Phi) is 8.38. The van der Waals surface area contributed by atoms with Crippen LogP contribution in [-0.4, -0.2) is 24.1 Å². The molecule has 1 atom stereocenters. The van der Waals surface area contributed by atoms with Crippen molar-refractivity contribution in [3.63, 3.8) is 0 Å². The van der Waals surface area contributed by atoms with E-state index in [1.165, 1.54) is 19.3 Å². The fourth-order valence-corrected chi connectivity index (χ4v) is 4.50. The Labute approximate surface area is 202 Å². The van der Waals surface area contributed by atoms with Gasteiger partial charge in [0.25, 0.3) is 5.91 Å². The van der Waals surface area contributed by atoms with E-state index >= 15 is 0 Å². The molecule has 34 heavy (non-hydrogen) atoms. The van der Waals surface area contributed by atoms with Gasteiger partial charge in [-0.05, 0) is 60.7 Å². The van der Waals surface area contributed by atoms with Gasteiger partial charge in [-0.1, -0.05) is 79.6 Å². The van der Waals surface area contributed by atoms with Gasteiger partial charge in [0.2, 0.25) is 0 Å². The van der Waals surface area contributed by atoms with Gasteiger partial charge in [-0.2, -0.15) is 0 Å². The zero-order valence-corrected chi connectivity index (χ0v) is 19.7. The van der Waals surface area contributed by atoms with E-state index in [4.69, 9.17) is 4.74 Å². The van der Waals surface area contributed by atoms with E-state index in [0.29, 0.717) is 18.0 Å². The number of hydrogen-bond acceptors (Lipinski definition) is 3. The molecule has 0 radical (unpaired) electrons. The Hall–Kier alpha value is -3.55. The first-order chi connectivity index (χ1) is 16.7. The van der Waals surface area contributed by atoms with Crippen LogP contribution in [0, 0.1) is 17.8 Å². The summed E-state index contributed by atoms with van der Waals surface area (Å²) in [5.41, 5.74) is 5.93. The van der Waals surface area contributed by atoms with E-state index in [1.54, 1.807) is 7.11 Å². The Morgan fingerprint density at radius 2 is 1.59 bits per heavy atom. The summed E-state index contributed by atoms with van der Waals surface area (Å²) in [6, 6.07) is 27.4. The topological polar surface area (TPSA) is 41.6 Å². The molecule has 1 N–H and O–H groups in total. The van der Waals surface area contributed by atoms with Crippen LogP contribution in [0.3, 0.4) is 0 Å². The highest BCUT2D eigenvalue weighted by Crippen LogP contribution is 2.29. The van der Waals surface area contributed by atoms with Crippen molar-refractivity contribution in [2.75, 3.05) is 7.11 Å². The van der Waals surface area contributed by atoms with Crippen LogP contribution in [0.5, 0.6) is 5.75 Å². The quantitative estimate of drug-likeness (QED) is 0.362. The monoisotopic (exact) mass is 452 g/mol. The molecule has 4 heteroatoms. The summed E-state index contributed by atoms with van der Waals surface area (Å²) in [5, 5.41) is 2.05. The Morgan fingerprint density at radius 3 is 2.24 bits per heavy atom. The highest BCUT2D eigenvalue weighted by Gasteiger charge is 2.29. The van der Waals surface area contributed by atoms with E-state index in [-0.39, 0.29) is 11.9 Å². The molecule has 0 aliphatic heterocycles. The van der Waals surface area contributed by atoms with Crippen molar-refractivity contribution < 1.29 is 9.53 Å². The van der Waals surface area contributed by atoms with E-state index in [2.05, 4.69) is 34.4 Å². The number of nitrogens with one attached hydrogen (secondary N) is 1. The second-order valence-electron chi connectivity index (χ2n) is 8.76. The molecular formula is C30H32N2O2. The lowest BCUT2D eigenvalue weighted by atomic mass is 9.83. The standard InChI is InChI=1S/C30H32N2O2/c1-34-28-20-17-24(18-21-28)19-22-29(26-13-7-3-8-14-26)32(23-25-11-5-2-6-12-25)31-30(33)27-15-9-4-10-16-27/h2,4-6,9-12,15-18,20-21,26,29H,3,7-8,13-14,23H2,1H3,(H,31,33). The predicted molar refractivity (Wildman–Crippen MR) is 136 cm³/mol. The summed E-state index contributed by atoms with van der Waals surface area (Å²) in [5.74, 6) is 8.02. The molecule has 3 aromatic rings. The molecule has 0 heterocycles. The first-order valence-electron chi connectivity index (χ1n) is 12.0. The summed E-state index contributed by atoms with van der Waals surface area (Å²) in [6.07, 6.45) is 5.92. The lowest BCUT2D eigenvalue weighted by molar-refractivity contribution is 0.0604. The van der Waals surface area contributed by atoms with Crippen LogP contribution in [0.1, 0.15) is 53.6 Å². The highest BCUT2D eigenvalue weighted by atomic mass is 16.5. The summed E-state index contributed by atoms with van der Waals surface area (Å²) in [4.78, 5) is 13.2. The minimum Gasteiger partial charge on any atom is -0.497 e. The first kappa shape index (κ1) is 23.6. The lowest BCUT2D eigenvalue weighted by Gasteiger charge is -2.36. The fraction of sp³-hybridized carbons (Fsp3) is 0.300. The molecule has 174 valence electrons. The minimum absolute atomic E-state index is 0.0877. The van der Waals surface area contributed by atoms with Crippen LogP contribution < -0.4 is 10.2 Å². The van der Waals surface area contributed by atoms with Crippen LogP contribution in [0.25, 0.3) is 0 Å². The van der Waals surface area contributed by atoms with Crippen LogP contribution in [0.2, 0.25) is 0 Å². The van der Waals surface area contributed by atoms with E-state index < -0.39 is 0 Å². The molecule has 1 aliphatic carbocycles. The molecule has 1 fully saturated rings. The Bertz CT molecular complexity index is 1100. The van der Waals surface area contributed by atoms with Crippen LogP contribution in [0.15, 0.2) is 84.9 Å². The third-order valence-corrected chi connectivity index (χ3v) is 6.36. The van der Waals surface area contributed by atoms with Gasteiger partial charge in [0.05, 0.1) is 13.2 Å². The van der Waals surface area contributed by atoms with Gasteiger partial charge in [0.15, 0.2) is 0 Å². The zero-order chi connectivity index (χ0) is 23.6. The van der Waals surface area contributed by atoms with Crippen molar-refractivity contribution in [2.45, 2.75) is 44.7 Å². The third-order valence-electron chi connectivity index (χ3n) is 6.36. The van der Waals surface area contributed by atoms with Crippen LogP contribution >= 0.6 is 0 Å². The SMILES string of the molecule is COc1ccc(C#CC(C2CCCCC2)N(Cc2ccccc2)NC(=O)c2ccccc2)cc1. The molecule has 4 nitrogen and oxygen atoms in total. The van der Waals surface area contributed by atoms with Crippen molar-refractivity contribution in [1.82, 2.24) is 10.4 Å². The zero-order valence-electron chi connectivity index (χ0n) is 19.7. The van der Waals surface area contributed by atoms with Crippen molar-refractivity contribution in [3.05, 3.63) is 102 Å². The van der Waals surface area contributed by atoms with Gasteiger partial charge in [0.1, 0.15) is 5.75 Å². The summed E-state index contributed by atoms with van der Waals surface area (Å²) < 4.78 is 5.28. The number of amides is 1. The number of hydrazine groups is 1. The molecule has 0 bridgehead atoms. The van der Waals surface area contributed by atoms with E-state index in [9.17, 15) is 4.79 Å². The van der Waals surface area contributed by atoms with E-state index in [0.717, 1.165) is 29.7 Å². The number of ether oxygens (including phenoxy) is 1.